The van der Waals surface area contributed by atoms with Gasteiger partial charge in [0.05, 0.1) is 0 Å². The van der Waals surface area contributed by atoms with Crippen LogP contribution in [-0.2, 0) is 38.1 Å². The van der Waals surface area contributed by atoms with E-state index in [1.807, 2.05) is 20.8 Å². The molecule has 1 fully saturated rings. The van der Waals surface area contributed by atoms with Crippen molar-refractivity contribution in [2.75, 3.05) is 19.8 Å². The molecule has 0 aromatic carbocycles. The van der Waals surface area contributed by atoms with Crippen molar-refractivity contribution >= 4 is 18.0 Å². The number of carbonyl (C=O) groups excluding carboxylic acids is 3. The van der Waals surface area contributed by atoms with Crippen LogP contribution in [-0.4, -0.2) is 67.5 Å². The summed E-state index contributed by atoms with van der Waals surface area (Å²) < 4.78 is 26.9. The van der Waals surface area contributed by atoms with E-state index in [2.05, 4.69) is 0 Å². The normalized spacial score (nSPS) is 27.0. The van der Waals surface area contributed by atoms with Crippen molar-refractivity contribution in [3.63, 3.8) is 0 Å². The standard InChI is InChI=1S/C19H29NO9/c1-7-24-12-9-13(28-17(25-8-2)15(12)27-11(3)21)16(22)29-20-14(19(4,5)6)10-26-18(20)23/h9,12,14-15,17H,7-8,10H2,1-6H3/t12-,14+,15-,17+/m0/s1. The minimum absolute atomic E-state index is 0.104. The van der Waals surface area contributed by atoms with Crippen LogP contribution in [0.4, 0.5) is 4.79 Å². The van der Waals surface area contributed by atoms with E-state index in [1.54, 1.807) is 13.8 Å². The second-order valence-electron chi connectivity index (χ2n) is 7.63. The van der Waals surface area contributed by atoms with Crippen LogP contribution in [0.5, 0.6) is 0 Å². The number of hydrogen-bond acceptors (Lipinski definition) is 9. The molecule has 0 unspecified atom stereocenters. The van der Waals surface area contributed by atoms with E-state index >= 15 is 0 Å². The van der Waals surface area contributed by atoms with Gasteiger partial charge in [0.1, 0.15) is 18.8 Å². The van der Waals surface area contributed by atoms with Gasteiger partial charge < -0.3 is 28.5 Å². The summed E-state index contributed by atoms with van der Waals surface area (Å²) in [5.41, 5.74) is -0.379. The third-order valence-electron chi connectivity index (χ3n) is 4.35. The molecule has 29 heavy (non-hydrogen) atoms. The van der Waals surface area contributed by atoms with Crippen LogP contribution < -0.4 is 0 Å². The monoisotopic (exact) mass is 415 g/mol. The summed E-state index contributed by atoms with van der Waals surface area (Å²) in [5, 5.41) is 0.913. The molecule has 164 valence electrons. The Morgan fingerprint density at radius 3 is 2.41 bits per heavy atom. The first-order valence-corrected chi connectivity index (χ1v) is 9.55. The molecule has 0 aliphatic carbocycles. The fourth-order valence-corrected chi connectivity index (χ4v) is 2.94. The van der Waals surface area contributed by atoms with Gasteiger partial charge in [-0.05, 0) is 25.3 Å². The molecule has 10 nitrogen and oxygen atoms in total. The maximum atomic E-state index is 12.7. The predicted molar refractivity (Wildman–Crippen MR) is 98.1 cm³/mol. The Morgan fingerprint density at radius 1 is 1.21 bits per heavy atom. The highest BCUT2D eigenvalue weighted by atomic mass is 16.8. The molecule has 10 heteroatoms. The number of esters is 1. The van der Waals surface area contributed by atoms with Gasteiger partial charge in [0.25, 0.3) is 0 Å². The number of cyclic esters (lactones) is 1. The Hall–Kier alpha value is -2.33. The fourth-order valence-electron chi connectivity index (χ4n) is 2.94. The number of hydroxylamine groups is 2. The molecule has 0 spiro atoms. The summed E-state index contributed by atoms with van der Waals surface area (Å²) >= 11 is 0. The maximum Gasteiger partial charge on any atom is 0.443 e. The third-order valence-corrected chi connectivity index (χ3v) is 4.35. The molecule has 2 heterocycles. The fraction of sp³-hybridized carbons (Fsp3) is 0.737. The minimum Gasteiger partial charge on any atom is -0.453 e. The topological polar surface area (TPSA) is 110 Å². The molecule has 1 saturated heterocycles. The number of ether oxygens (including phenoxy) is 5. The molecular formula is C19H29NO9. The highest BCUT2D eigenvalue weighted by Crippen LogP contribution is 2.31. The van der Waals surface area contributed by atoms with Gasteiger partial charge in [0.15, 0.2) is 6.10 Å². The Labute approximate surface area is 169 Å². The first-order chi connectivity index (χ1) is 13.6. The van der Waals surface area contributed by atoms with Crippen molar-refractivity contribution in [2.45, 2.75) is 66.1 Å². The first-order valence-electron chi connectivity index (χ1n) is 9.55. The highest BCUT2D eigenvalue weighted by molar-refractivity contribution is 5.87. The molecule has 2 rings (SSSR count). The molecule has 2 aliphatic heterocycles. The van der Waals surface area contributed by atoms with Crippen molar-refractivity contribution in [1.82, 2.24) is 5.06 Å². The zero-order valence-electron chi connectivity index (χ0n) is 17.6. The predicted octanol–water partition coefficient (Wildman–Crippen LogP) is 1.92. The maximum absolute atomic E-state index is 12.7. The summed E-state index contributed by atoms with van der Waals surface area (Å²) in [6, 6.07) is -0.456. The molecule has 1 amide bonds. The third kappa shape index (κ3) is 5.60. The van der Waals surface area contributed by atoms with E-state index in [0.29, 0.717) is 6.61 Å². The van der Waals surface area contributed by atoms with Gasteiger partial charge in [-0.2, -0.15) is 0 Å². The summed E-state index contributed by atoms with van der Waals surface area (Å²) in [6.45, 7) is 11.1. The average molecular weight is 415 g/mol. The Balaban J connectivity index is 2.23. The molecule has 0 radical (unpaired) electrons. The van der Waals surface area contributed by atoms with Crippen molar-refractivity contribution in [3.8, 4) is 0 Å². The van der Waals surface area contributed by atoms with Crippen LogP contribution in [0.25, 0.3) is 0 Å². The van der Waals surface area contributed by atoms with Gasteiger partial charge in [-0.3, -0.25) is 4.79 Å². The van der Waals surface area contributed by atoms with Crippen LogP contribution in [0, 0.1) is 5.41 Å². The molecule has 0 aromatic rings. The van der Waals surface area contributed by atoms with E-state index in [4.69, 9.17) is 28.5 Å². The second-order valence-corrected chi connectivity index (χ2v) is 7.63. The number of nitrogens with zero attached hydrogens (tertiary/aromatic N) is 1. The van der Waals surface area contributed by atoms with E-state index in [1.165, 1.54) is 13.0 Å². The van der Waals surface area contributed by atoms with Gasteiger partial charge >= 0.3 is 18.0 Å². The van der Waals surface area contributed by atoms with E-state index in [0.717, 1.165) is 5.06 Å². The van der Waals surface area contributed by atoms with Gasteiger partial charge in [-0.25, -0.2) is 9.59 Å². The lowest BCUT2D eigenvalue weighted by atomic mass is 9.87. The van der Waals surface area contributed by atoms with Crippen molar-refractivity contribution in [3.05, 3.63) is 11.8 Å². The van der Waals surface area contributed by atoms with Crippen molar-refractivity contribution in [1.29, 1.82) is 0 Å². The van der Waals surface area contributed by atoms with Gasteiger partial charge in [-0.1, -0.05) is 20.8 Å². The number of carbonyl (C=O) groups is 3. The van der Waals surface area contributed by atoms with Crippen molar-refractivity contribution < 1.29 is 42.9 Å². The average Bonchev–Trinajstić information content (AvgIpc) is 2.98. The SMILES string of the molecule is CCO[C@@H]1OC(C(=O)ON2C(=O)OC[C@@H]2C(C)(C)C)=C[C@H](OCC)[C@@H]1OC(C)=O. The number of hydrogen-bond donors (Lipinski definition) is 0. The molecule has 0 aromatic heterocycles. The molecule has 0 bridgehead atoms. The summed E-state index contributed by atoms with van der Waals surface area (Å²) in [6.07, 6.45) is -2.17. The quantitative estimate of drug-likeness (QED) is 0.576. The molecule has 0 N–H and O–H groups in total. The highest BCUT2D eigenvalue weighted by Gasteiger charge is 2.46. The summed E-state index contributed by atoms with van der Waals surface area (Å²) in [4.78, 5) is 41.5. The molecule has 0 saturated carbocycles. The molecular weight excluding hydrogens is 386 g/mol. The largest absolute Gasteiger partial charge is 0.453 e. The number of rotatable bonds is 7. The van der Waals surface area contributed by atoms with E-state index in [9.17, 15) is 14.4 Å². The van der Waals surface area contributed by atoms with Crippen molar-refractivity contribution in [2.24, 2.45) is 5.41 Å². The number of amides is 1. The Bertz CT molecular complexity index is 655. The van der Waals surface area contributed by atoms with Crippen LogP contribution in [0.15, 0.2) is 11.8 Å². The summed E-state index contributed by atoms with van der Waals surface area (Å²) in [5.74, 6) is -1.66. The lowest BCUT2D eigenvalue weighted by Crippen LogP contribution is -2.49. The van der Waals surface area contributed by atoms with Gasteiger partial charge in [0.2, 0.25) is 12.0 Å². The van der Waals surface area contributed by atoms with Crippen LogP contribution in [0.1, 0.15) is 41.5 Å². The lowest BCUT2D eigenvalue weighted by Gasteiger charge is -2.35. The molecule has 4 atom stereocenters. The Kier molecular flexibility index (Phi) is 7.48. The minimum atomic E-state index is -1.07. The van der Waals surface area contributed by atoms with Crippen LogP contribution >= 0.6 is 0 Å². The van der Waals surface area contributed by atoms with E-state index < -0.39 is 42.6 Å². The van der Waals surface area contributed by atoms with E-state index in [-0.39, 0.29) is 24.4 Å². The first kappa shape index (κ1) is 23.0. The zero-order valence-corrected chi connectivity index (χ0v) is 17.6. The van der Waals surface area contributed by atoms with Gasteiger partial charge in [-0.15, -0.1) is 5.06 Å². The van der Waals surface area contributed by atoms with Crippen LogP contribution in [0.2, 0.25) is 0 Å². The van der Waals surface area contributed by atoms with Gasteiger partial charge in [0, 0.05) is 20.1 Å². The second kappa shape index (κ2) is 9.45. The molecule has 2 aliphatic rings. The zero-order chi connectivity index (χ0) is 21.8. The van der Waals surface area contributed by atoms with Crippen LogP contribution in [0.3, 0.4) is 0 Å². The smallest absolute Gasteiger partial charge is 0.443 e. The Morgan fingerprint density at radius 2 is 1.86 bits per heavy atom. The summed E-state index contributed by atoms with van der Waals surface area (Å²) in [7, 11) is 0. The lowest BCUT2D eigenvalue weighted by molar-refractivity contribution is -0.230.